The number of nitrogen functional groups attached to an aromatic ring is 1. The van der Waals surface area contributed by atoms with Crippen molar-refractivity contribution in [1.29, 1.82) is 0 Å². The molecular formula is C11H14ClN3O3. The topological polar surface area (TPSA) is 98.7 Å². The third kappa shape index (κ3) is 3.04. The highest BCUT2D eigenvalue weighted by Gasteiger charge is 2.19. The second kappa shape index (κ2) is 5.59. The molecule has 0 spiro atoms. The molecule has 0 saturated carbocycles. The molecule has 98 valence electrons. The van der Waals surface area contributed by atoms with Gasteiger partial charge in [-0.05, 0) is 6.07 Å². The maximum atomic E-state index is 12.1. The number of nitrogens with two attached hydrogens (primary N) is 2. The Labute approximate surface area is 109 Å². The van der Waals surface area contributed by atoms with Gasteiger partial charge in [-0.15, -0.1) is 0 Å². The predicted octanol–water partition coefficient (Wildman–Crippen LogP) is 0.488. The van der Waals surface area contributed by atoms with Crippen molar-refractivity contribution >= 4 is 29.1 Å². The Morgan fingerprint density at radius 2 is 2.06 bits per heavy atom. The number of primary amides is 1. The number of carbonyl (C=O) groups excluding carboxylic acids is 2. The Hall–Kier alpha value is -1.95. The third-order valence-electron chi connectivity index (χ3n) is 2.29. The van der Waals surface area contributed by atoms with Crippen LogP contribution in [0, 0.1) is 0 Å². The fourth-order valence-electron chi connectivity index (χ4n) is 1.42. The van der Waals surface area contributed by atoms with Gasteiger partial charge in [-0.3, -0.25) is 9.59 Å². The van der Waals surface area contributed by atoms with Crippen molar-refractivity contribution < 1.29 is 14.3 Å². The zero-order valence-electron chi connectivity index (χ0n) is 10.1. The maximum absolute atomic E-state index is 12.1. The number of hydrogen-bond acceptors (Lipinski definition) is 4. The first kappa shape index (κ1) is 14.1. The number of anilines is 1. The molecule has 4 N–H and O–H groups in total. The SMILES string of the molecule is COc1cc(N)c(Cl)cc1C(=O)N(C)CC(N)=O. The van der Waals surface area contributed by atoms with Crippen molar-refractivity contribution in [3.8, 4) is 5.75 Å². The minimum Gasteiger partial charge on any atom is -0.496 e. The average Bonchev–Trinajstić information content (AvgIpc) is 2.30. The summed E-state index contributed by atoms with van der Waals surface area (Å²) in [6.07, 6.45) is 0. The number of nitrogens with zero attached hydrogens (tertiary/aromatic N) is 1. The van der Waals surface area contributed by atoms with Crippen LogP contribution in [0.15, 0.2) is 12.1 Å². The van der Waals surface area contributed by atoms with Crippen LogP contribution in [0.25, 0.3) is 0 Å². The van der Waals surface area contributed by atoms with Crippen LogP contribution in [-0.4, -0.2) is 37.4 Å². The summed E-state index contributed by atoms with van der Waals surface area (Å²) >= 11 is 5.85. The molecule has 18 heavy (non-hydrogen) atoms. The van der Waals surface area contributed by atoms with Crippen LogP contribution in [0.2, 0.25) is 5.02 Å². The first-order valence-corrected chi connectivity index (χ1v) is 5.41. The van der Waals surface area contributed by atoms with Crippen molar-refractivity contribution in [2.75, 3.05) is 26.4 Å². The lowest BCUT2D eigenvalue weighted by Crippen LogP contribution is -2.35. The molecule has 0 atom stereocenters. The highest BCUT2D eigenvalue weighted by molar-refractivity contribution is 6.33. The van der Waals surface area contributed by atoms with Gasteiger partial charge in [-0.25, -0.2) is 0 Å². The van der Waals surface area contributed by atoms with Crippen LogP contribution in [0.1, 0.15) is 10.4 Å². The van der Waals surface area contributed by atoms with Crippen molar-refractivity contribution in [3.63, 3.8) is 0 Å². The molecule has 6 nitrogen and oxygen atoms in total. The van der Waals surface area contributed by atoms with E-state index in [9.17, 15) is 9.59 Å². The molecule has 0 aromatic heterocycles. The zero-order chi connectivity index (χ0) is 13.9. The van der Waals surface area contributed by atoms with Crippen molar-refractivity contribution in [3.05, 3.63) is 22.7 Å². The number of likely N-dealkylation sites (N-methyl/N-ethyl adjacent to an activating group) is 1. The van der Waals surface area contributed by atoms with Gasteiger partial charge in [0.15, 0.2) is 0 Å². The quantitative estimate of drug-likeness (QED) is 0.779. The summed E-state index contributed by atoms with van der Waals surface area (Å²) in [4.78, 5) is 24.0. The summed E-state index contributed by atoms with van der Waals surface area (Å²) in [5, 5.41) is 0.242. The molecule has 0 heterocycles. The van der Waals surface area contributed by atoms with Crippen molar-refractivity contribution in [2.45, 2.75) is 0 Å². The number of halogens is 1. The Kier molecular flexibility index (Phi) is 4.38. The molecule has 7 heteroatoms. The number of carbonyl (C=O) groups is 2. The molecule has 1 aromatic rings. The summed E-state index contributed by atoms with van der Waals surface area (Å²) in [7, 11) is 2.87. The van der Waals surface area contributed by atoms with Gasteiger partial charge in [0.25, 0.3) is 5.91 Å². The highest BCUT2D eigenvalue weighted by Crippen LogP contribution is 2.29. The standard InChI is InChI=1S/C11H14ClN3O3/c1-15(5-10(14)16)11(17)6-3-7(12)8(13)4-9(6)18-2/h3-4H,5,13H2,1-2H3,(H2,14,16). The van der Waals surface area contributed by atoms with Gasteiger partial charge in [0.2, 0.25) is 5.91 Å². The lowest BCUT2D eigenvalue weighted by atomic mass is 10.1. The zero-order valence-corrected chi connectivity index (χ0v) is 10.8. The number of benzene rings is 1. The van der Waals surface area contributed by atoms with E-state index in [2.05, 4.69) is 0 Å². The van der Waals surface area contributed by atoms with Crippen LogP contribution >= 0.6 is 11.6 Å². The number of hydrogen-bond donors (Lipinski definition) is 2. The van der Waals surface area contributed by atoms with Gasteiger partial charge < -0.3 is 21.1 Å². The summed E-state index contributed by atoms with van der Waals surface area (Å²) < 4.78 is 5.06. The summed E-state index contributed by atoms with van der Waals surface area (Å²) in [5.41, 5.74) is 11.2. The van der Waals surface area contributed by atoms with Gasteiger partial charge >= 0.3 is 0 Å². The number of rotatable bonds is 4. The van der Waals surface area contributed by atoms with E-state index in [1.165, 1.54) is 31.2 Å². The molecule has 2 amide bonds. The van der Waals surface area contributed by atoms with E-state index >= 15 is 0 Å². The van der Waals surface area contributed by atoms with Gasteiger partial charge in [-0.1, -0.05) is 11.6 Å². The third-order valence-corrected chi connectivity index (χ3v) is 2.62. The number of amides is 2. The van der Waals surface area contributed by atoms with E-state index in [0.29, 0.717) is 11.4 Å². The van der Waals surface area contributed by atoms with E-state index in [0.717, 1.165) is 0 Å². The largest absolute Gasteiger partial charge is 0.496 e. The van der Waals surface area contributed by atoms with Gasteiger partial charge in [-0.2, -0.15) is 0 Å². The Morgan fingerprint density at radius 3 is 2.56 bits per heavy atom. The molecule has 0 saturated heterocycles. The van der Waals surface area contributed by atoms with E-state index < -0.39 is 11.8 Å². The lowest BCUT2D eigenvalue weighted by molar-refractivity contribution is -0.118. The van der Waals surface area contributed by atoms with E-state index in [1.54, 1.807) is 0 Å². The monoisotopic (exact) mass is 271 g/mol. The minimum absolute atomic E-state index is 0.190. The molecule has 0 unspecified atom stereocenters. The minimum atomic E-state index is -0.605. The molecule has 0 aliphatic carbocycles. The second-order valence-electron chi connectivity index (χ2n) is 3.70. The fraction of sp³-hybridized carbons (Fsp3) is 0.273. The van der Waals surface area contributed by atoms with Crippen molar-refractivity contribution in [1.82, 2.24) is 4.90 Å². The fourth-order valence-corrected chi connectivity index (χ4v) is 1.58. The second-order valence-corrected chi connectivity index (χ2v) is 4.11. The van der Waals surface area contributed by atoms with Crippen LogP contribution in [-0.2, 0) is 4.79 Å². The van der Waals surface area contributed by atoms with E-state index in [-0.39, 0.29) is 17.1 Å². The van der Waals surface area contributed by atoms with Crippen LogP contribution in [0.4, 0.5) is 5.69 Å². The van der Waals surface area contributed by atoms with Crippen LogP contribution in [0.5, 0.6) is 5.75 Å². The first-order chi connectivity index (χ1) is 8.36. The molecule has 0 radical (unpaired) electrons. The summed E-state index contributed by atoms with van der Waals surface area (Å²) in [6, 6.07) is 2.85. The Balaban J connectivity index is 3.12. The smallest absolute Gasteiger partial charge is 0.257 e. The molecule has 0 bridgehead atoms. The normalized spacial score (nSPS) is 9.94. The average molecular weight is 272 g/mol. The van der Waals surface area contributed by atoms with Gasteiger partial charge in [0.1, 0.15) is 5.75 Å². The maximum Gasteiger partial charge on any atom is 0.257 e. The van der Waals surface area contributed by atoms with E-state index in [1.807, 2.05) is 0 Å². The molecule has 0 aliphatic rings. The first-order valence-electron chi connectivity index (χ1n) is 5.03. The highest BCUT2D eigenvalue weighted by atomic mass is 35.5. The van der Waals surface area contributed by atoms with Crippen LogP contribution < -0.4 is 16.2 Å². The molecule has 1 aromatic carbocycles. The van der Waals surface area contributed by atoms with Crippen LogP contribution in [0.3, 0.4) is 0 Å². The van der Waals surface area contributed by atoms with Gasteiger partial charge in [0, 0.05) is 13.1 Å². The lowest BCUT2D eigenvalue weighted by Gasteiger charge is -2.17. The molecule has 0 fully saturated rings. The molecular weight excluding hydrogens is 258 g/mol. The van der Waals surface area contributed by atoms with E-state index in [4.69, 9.17) is 27.8 Å². The van der Waals surface area contributed by atoms with Gasteiger partial charge in [0.05, 0.1) is 29.9 Å². The predicted molar refractivity (Wildman–Crippen MR) is 68.6 cm³/mol. The molecule has 0 aliphatic heterocycles. The number of methoxy groups -OCH3 is 1. The summed E-state index contributed by atoms with van der Waals surface area (Å²) in [6.45, 7) is -0.190. The Bertz CT molecular complexity index is 491. The Morgan fingerprint density at radius 1 is 1.44 bits per heavy atom. The summed E-state index contributed by atoms with van der Waals surface area (Å²) in [5.74, 6) is -0.739. The van der Waals surface area contributed by atoms with Crippen molar-refractivity contribution in [2.24, 2.45) is 5.73 Å². The number of ether oxygens (including phenoxy) is 1. The molecule has 1 rings (SSSR count).